The van der Waals surface area contributed by atoms with Crippen molar-refractivity contribution in [3.63, 3.8) is 0 Å². The smallest absolute Gasteiger partial charge is 0 e. The van der Waals surface area contributed by atoms with Gasteiger partial charge in [-0.25, -0.2) is 0 Å². The molecule has 0 radical (unpaired) electrons. The number of nitrogens with one attached hydrogen (secondary N) is 1. The lowest BCUT2D eigenvalue weighted by Gasteiger charge is -2.03. The lowest BCUT2D eigenvalue weighted by Crippen LogP contribution is -2.06. The van der Waals surface area contributed by atoms with E-state index in [1.165, 1.54) is 13.1 Å². The Morgan fingerprint density at radius 1 is 0.909 bits per heavy atom. The van der Waals surface area contributed by atoms with Crippen molar-refractivity contribution in [2.45, 2.75) is 41.5 Å². The first kappa shape index (κ1) is 13.5. The van der Waals surface area contributed by atoms with Crippen molar-refractivity contribution >= 4 is 0 Å². The van der Waals surface area contributed by atoms with Crippen LogP contribution in [-0.4, -0.2) is 13.1 Å². The van der Waals surface area contributed by atoms with Crippen LogP contribution in [0.3, 0.4) is 0 Å². The molecular formula is C10H27N. The second-order valence-corrected chi connectivity index (χ2v) is 2.61. The van der Waals surface area contributed by atoms with Gasteiger partial charge < -0.3 is 5.32 Å². The molecule has 0 amide bonds. The van der Waals surface area contributed by atoms with Gasteiger partial charge in [-0.05, 0) is 24.9 Å². The van der Waals surface area contributed by atoms with Crippen molar-refractivity contribution in [2.75, 3.05) is 13.1 Å². The molecule has 0 aromatic heterocycles. The first-order valence-electron chi connectivity index (χ1n) is 5.01. The Morgan fingerprint density at radius 2 is 1.18 bits per heavy atom. The molecule has 1 aliphatic rings. The molecule has 0 aromatic rings. The topological polar surface area (TPSA) is 12.0 Å². The summed E-state index contributed by atoms with van der Waals surface area (Å²) >= 11 is 0. The summed E-state index contributed by atoms with van der Waals surface area (Å²) in [5, 5.41) is 3.32. The van der Waals surface area contributed by atoms with Crippen molar-refractivity contribution < 1.29 is 1.43 Å². The van der Waals surface area contributed by atoms with Gasteiger partial charge in [0, 0.05) is 1.43 Å². The molecule has 2 unspecified atom stereocenters. The highest BCUT2D eigenvalue weighted by molar-refractivity contribution is 4.73. The van der Waals surface area contributed by atoms with Crippen LogP contribution in [0.5, 0.6) is 0 Å². The Kier molecular flexibility index (Phi) is 12.3. The fraction of sp³-hybridized carbons (Fsp3) is 1.00. The number of hydrogen-bond donors (Lipinski definition) is 1. The molecule has 2 atom stereocenters. The van der Waals surface area contributed by atoms with Crippen LogP contribution in [0.2, 0.25) is 0 Å². The minimum Gasteiger partial charge on any atom is -0.316 e. The minimum atomic E-state index is 0. The molecule has 1 N–H and O–H groups in total. The quantitative estimate of drug-likeness (QED) is 0.575. The van der Waals surface area contributed by atoms with E-state index in [1.807, 2.05) is 27.7 Å². The summed E-state index contributed by atoms with van der Waals surface area (Å²) in [5.41, 5.74) is 0. The maximum Gasteiger partial charge on any atom is 0 e. The zero-order valence-corrected chi connectivity index (χ0v) is 9.07. The van der Waals surface area contributed by atoms with Crippen LogP contribution in [0.4, 0.5) is 0 Å². The molecule has 0 aliphatic carbocycles. The molecule has 72 valence electrons. The molecule has 0 bridgehead atoms. The zero-order chi connectivity index (χ0) is 9.28. The van der Waals surface area contributed by atoms with Crippen LogP contribution in [0.25, 0.3) is 0 Å². The largest absolute Gasteiger partial charge is 0.316 e. The van der Waals surface area contributed by atoms with E-state index in [0.717, 1.165) is 11.8 Å². The molecule has 0 saturated carbocycles. The van der Waals surface area contributed by atoms with E-state index in [1.54, 1.807) is 0 Å². The fourth-order valence-electron chi connectivity index (χ4n) is 0.941. The normalized spacial score (nSPS) is 27.8. The summed E-state index contributed by atoms with van der Waals surface area (Å²) in [6.45, 7) is 15.0. The van der Waals surface area contributed by atoms with Gasteiger partial charge in [0.1, 0.15) is 0 Å². The Balaban J connectivity index is -0.000000144. The van der Waals surface area contributed by atoms with E-state index in [4.69, 9.17) is 0 Å². The molecule has 0 aromatic carbocycles. The zero-order valence-electron chi connectivity index (χ0n) is 9.07. The van der Waals surface area contributed by atoms with Gasteiger partial charge in [0.25, 0.3) is 0 Å². The van der Waals surface area contributed by atoms with Crippen molar-refractivity contribution in [1.29, 1.82) is 0 Å². The predicted octanol–water partition coefficient (Wildman–Crippen LogP) is 3.16. The lowest BCUT2D eigenvalue weighted by molar-refractivity contribution is 0.494. The van der Waals surface area contributed by atoms with Gasteiger partial charge in [-0.3, -0.25) is 0 Å². The fourth-order valence-corrected chi connectivity index (χ4v) is 0.941. The highest BCUT2D eigenvalue weighted by atomic mass is 14.9. The first-order chi connectivity index (χ1) is 5.30. The average molecular weight is 161 g/mol. The molecule has 1 heteroatoms. The van der Waals surface area contributed by atoms with Crippen LogP contribution < -0.4 is 5.32 Å². The van der Waals surface area contributed by atoms with Gasteiger partial charge in [0.15, 0.2) is 0 Å². The van der Waals surface area contributed by atoms with Crippen LogP contribution in [-0.2, 0) is 0 Å². The number of rotatable bonds is 0. The van der Waals surface area contributed by atoms with Gasteiger partial charge >= 0.3 is 0 Å². The van der Waals surface area contributed by atoms with Gasteiger partial charge in [0.05, 0.1) is 0 Å². The SMILES string of the molecule is CC.CC.CC1CNCC1C.[HH]. The minimum absolute atomic E-state index is 0. The molecule has 1 fully saturated rings. The second-order valence-electron chi connectivity index (χ2n) is 2.61. The highest BCUT2D eigenvalue weighted by Gasteiger charge is 2.16. The predicted molar refractivity (Wildman–Crippen MR) is 56.0 cm³/mol. The van der Waals surface area contributed by atoms with Crippen LogP contribution in [0, 0.1) is 11.8 Å². The molecule has 1 nitrogen and oxygen atoms in total. The maximum absolute atomic E-state index is 3.32. The summed E-state index contributed by atoms with van der Waals surface area (Å²) in [6.07, 6.45) is 0. The Labute approximate surface area is 74.1 Å². The van der Waals surface area contributed by atoms with Crippen LogP contribution in [0.1, 0.15) is 43.0 Å². The van der Waals surface area contributed by atoms with E-state index >= 15 is 0 Å². The summed E-state index contributed by atoms with van der Waals surface area (Å²) < 4.78 is 0. The molecule has 1 aliphatic heterocycles. The van der Waals surface area contributed by atoms with Crippen LogP contribution >= 0.6 is 0 Å². The standard InChI is InChI=1S/C6H13N.2C2H6.H2/c1-5-3-7-4-6(5)2;2*1-2;/h5-7H,3-4H2,1-2H3;2*1-2H3;1H. The monoisotopic (exact) mass is 161 g/mol. The van der Waals surface area contributed by atoms with Gasteiger partial charge in [-0.2, -0.15) is 0 Å². The summed E-state index contributed by atoms with van der Waals surface area (Å²) in [5.74, 6) is 1.81. The van der Waals surface area contributed by atoms with Crippen molar-refractivity contribution in [3.8, 4) is 0 Å². The summed E-state index contributed by atoms with van der Waals surface area (Å²) in [6, 6.07) is 0. The van der Waals surface area contributed by atoms with Crippen LogP contribution in [0.15, 0.2) is 0 Å². The second kappa shape index (κ2) is 9.96. The van der Waals surface area contributed by atoms with E-state index in [9.17, 15) is 0 Å². The first-order valence-corrected chi connectivity index (χ1v) is 5.01. The third-order valence-electron chi connectivity index (χ3n) is 1.90. The van der Waals surface area contributed by atoms with Gasteiger partial charge in [-0.1, -0.05) is 41.5 Å². The summed E-state index contributed by atoms with van der Waals surface area (Å²) in [4.78, 5) is 0. The molecule has 1 heterocycles. The van der Waals surface area contributed by atoms with E-state index in [-0.39, 0.29) is 1.43 Å². The van der Waals surface area contributed by atoms with E-state index in [2.05, 4.69) is 19.2 Å². The molecule has 11 heavy (non-hydrogen) atoms. The average Bonchev–Trinajstić information content (AvgIpc) is 2.44. The van der Waals surface area contributed by atoms with Gasteiger partial charge in [-0.15, -0.1) is 0 Å². The van der Waals surface area contributed by atoms with Crippen molar-refractivity contribution in [1.82, 2.24) is 5.32 Å². The maximum atomic E-state index is 3.32. The molecule has 1 saturated heterocycles. The van der Waals surface area contributed by atoms with Crippen molar-refractivity contribution in [2.24, 2.45) is 11.8 Å². The Bertz CT molecular complexity index is 58.9. The van der Waals surface area contributed by atoms with Gasteiger partial charge in [0.2, 0.25) is 0 Å². The number of hydrogen-bond acceptors (Lipinski definition) is 1. The third-order valence-corrected chi connectivity index (χ3v) is 1.90. The molecular weight excluding hydrogens is 134 g/mol. The van der Waals surface area contributed by atoms with E-state index in [0.29, 0.717) is 0 Å². The molecule has 0 spiro atoms. The highest BCUT2D eigenvalue weighted by Crippen LogP contribution is 2.13. The summed E-state index contributed by atoms with van der Waals surface area (Å²) in [7, 11) is 0. The third kappa shape index (κ3) is 6.36. The lowest BCUT2D eigenvalue weighted by atomic mass is 10.0. The Morgan fingerprint density at radius 3 is 1.27 bits per heavy atom. The van der Waals surface area contributed by atoms with E-state index < -0.39 is 0 Å². The Hall–Kier alpha value is -0.0400. The van der Waals surface area contributed by atoms with Crippen molar-refractivity contribution in [3.05, 3.63) is 0 Å². The molecule has 1 rings (SSSR count).